The van der Waals surface area contributed by atoms with Crippen molar-refractivity contribution in [3.05, 3.63) is 11.2 Å². The zero-order chi connectivity index (χ0) is 14.0. The van der Waals surface area contributed by atoms with Crippen molar-refractivity contribution >= 4 is 34.0 Å². The van der Waals surface area contributed by atoms with Gasteiger partial charge in [-0.25, -0.2) is 13.1 Å². The molecule has 1 aromatic rings. The van der Waals surface area contributed by atoms with Crippen LogP contribution in [0, 0.1) is 0 Å². The fourth-order valence-electron chi connectivity index (χ4n) is 1.76. The zero-order valence-electron chi connectivity index (χ0n) is 11.2. The molecule has 9 heteroatoms. The first-order valence-electron chi connectivity index (χ1n) is 5.73. The Morgan fingerprint density at radius 1 is 1.47 bits per heavy atom. The summed E-state index contributed by atoms with van der Waals surface area (Å²) in [4.78, 5) is 0. The van der Waals surface area contributed by atoms with Gasteiger partial charge in [-0.1, -0.05) is 25.4 Å². The lowest BCUT2D eigenvalue weighted by molar-refractivity contribution is 0.362. The Hall–Kier alpha value is -0.340. The molecule has 0 atom stereocenters. The number of rotatable bonds is 6. The second-order valence-corrected chi connectivity index (χ2v) is 6.22. The van der Waals surface area contributed by atoms with E-state index in [1.165, 1.54) is 17.9 Å². The molecule has 0 bridgehead atoms. The van der Waals surface area contributed by atoms with E-state index in [-0.39, 0.29) is 29.0 Å². The highest BCUT2D eigenvalue weighted by Gasteiger charge is 2.33. The molecule has 0 aromatic carbocycles. The summed E-state index contributed by atoms with van der Waals surface area (Å²) in [6, 6.07) is 0. The highest BCUT2D eigenvalue weighted by atomic mass is 35.5. The molecule has 0 unspecified atom stereocenters. The molecule has 1 aromatic heterocycles. The van der Waals surface area contributed by atoms with E-state index in [0.29, 0.717) is 12.8 Å². The summed E-state index contributed by atoms with van der Waals surface area (Å²) in [7, 11) is -2.20. The SMILES string of the molecule is CCC(CC)(CN)NS(=O)(=O)c1c(Cl)cnn1C.Cl. The first-order chi connectivity index (χ1) is 8.32. The average Bonchev–Trinajstić information content (AvgIpc) is 2.67. The standard InChI is InChI=1S/C10H19ClN4O2S.ClH/c1-4-10(5-2,7-12)14-18(16,17)9-8(11)6-13-15(9)3;/h6,14H,4-5,7,12H2,1-3H3;1H. The first-order valence-corrected chi connectivity index (χ1v) is 7.59. The lowest BCUT2D eigenvalue weighted by Crippen LogP contribution is -2.53. The number of sulfonamides is 1. The fraction of sp³-hybridized carbons (Fsp3) is 0.700. The van der Waals surface area contributed by atoms with Crippen molar-refractivity contribution in [3.8, 4) is 0 Å². The molecule has 0 aliphatic heterocycles. The third-order valence-electron chi connectivity index (χ3n) is 3.19. The Bertz CT molecular complexity index is 484. The van der Waals surface area contributed by atoms with Crippen molar-refractivity contribution in [2.24, 2.45) is 12.8 Å². The average molecular weight is 331 g/mol. The number of nitrogens with zero attached hydrogens (tertiary/aromatic N) is 2. The zero-order valence-corrected chi connectivity index (χ0v) is 13.6. The molecular formula is C10H20Cl2N4O2S. The third kappa shape index (κ3) is 3.82. The van der Waals surface area contributed by atoms with E-state index < -0.39 is 15.6 Å². The summed E-state index contributed by atoms with van der Waals surface area (Å²) in [6.45, 7) is 4.02. The molecule has 6 nitrogen and oxygen atoms in total. The molecule has 0 amide bonds. The van der Waals surface area contributed by atoms with Gasteiger partial charge in [-0.15, -0.1) is 12.4 Å². The minimum Gasteiger partial charge on any atom is -0.329 e. The number of nitrogens with two attached hydrogens (primary N) is 1. The number of aromatic nitrogens is 2. The van der Waals surface area contributed by atoms with Gasteiger partial charge in [0.1, 0.15) is 0 Å². The predicted octanol–water partition coefficient (Wildman–Crippen LogP) is 1.29. The maximum Gasteiger partial charge on any atom is 0.259 e. The predicted molar refractivity (Wildman–Crippen MR) is 78.2 cm³/mol. The Morgan fingerprint density at radius 2 is 2.00 bits per heavy atom. The van der Waals surface area contributed by atoms with Crippen LogP contribution in [0.2, 0.25) is 5.02 Å². The molecule has 3 N–H and O–H groups in total. The Balaban J connectivity index is 0.00000324. The highest BCUT2D eigenvalue weighted by Crippen LogP contribution is 2.23. The van der Waals surface area contributed by atoms with Crippen molar-refractivity contribution < 1.29 is 8.42 Å². The van der Waals surface area contributed by atoms with Crippen LogP contribution in [0.15, 0.2) is 11.2 Å². The quantitative estimate of drug-likeness (QED) is 0.822. The maximum absolute atomic E-state index is 12.3. The van der Waals surface area contributed by atoms with Gasteiger partial charge in [-0.3, -0.25) is 4.68 Å². The number of hydrogen-bond acceptors (Lipinski definition) is 4. The second-order valence-electron chi connectivity index (χ2n) is 4.22. The number of hydrogen-bond donors (Lipinski definition) is 2. The van der Waals surface area contributed by atoms with Crippen molar-refractivity contribution in [2.45, 2.75) is 37.3 Å². The summed E-state index contributed by atoms with van der Waals surface area (Å²) < 4.78 is 28.5. The van der Waals surface area contributed by atoms with Crippen molar-refractivity contribution in [1.29, 1.82) is 0 Å². The highest BCUT2D eigenvalue weighted by molar-refractivity contribution is 7.89. The molecular weight excluding hydrogens is 311 g/mol. The molecule has 1 heterocycles. The molecule has 0 radical (unpaired) electrons. The van der Waals surface area contributed by atoms with Gasteiger partial charge >= 0.3 is 0 Å². The van der Waals surface area contributed by atoms with E-state index in [4.69, 9.17) is 17.3 Å². The molecule has 0 aliphatic rings. The monoisotopic (exact) mass is 330 g/mol. The van der Waals surface area contributed by atoms with Crippen molar-refractivity contribution in [1.82, 2.24) is 14.5 Å². The van der Waals surface area contributed by atoms with Crippen LogP contribution in [0.25, 0.3) is 0 Å². The summed E-state index contributed by atoms with van der Waals surface area (Å²) in [5.74, 6) is 0. The molecule has 0 saturated carbocycles. The molecule has 112 valence electrons. The van der Waals surface area contributed by atoms with E-state index in [2.05, 4.69) is 9.82 Å². The van der Waals surface area contributed by atoms with Gasteiger partial charge in [-0.05, 0) is 12.8 Å². The van der Waals surface area contributed by atoms with E-state index in [1.807, 2.05) is 13.8 Å². The number of halogens is 2. The van der Waals surface area contributed by atoms with E-state index in [9.17, 15) is 8.42 Å². The van der Waals surface area contributed by atoms with Gasteiger partial charge in [0.25, 0.3) is 10.0 Å². The summed E-state index contributed by atoms with van der Waals surface area (Å²) in [5, 5.41) is 3.89. The molecule has 19 heavy (non-hydrogen) atoms. The fourth-order valence-corrected chi connectivity index (χ4v) is 3.97. The van der Waals surface area contributed by atoms with Crippen LogP contribution in [0.5, 0.6) is 0 Å². The van der Waals surface area contributed by atoms with Crippen LogP contribution in [0.3, 0.4) is 0 Å². The minimum absolute atomic E-state index is 0. The maximum atomic E-state index is 12.3. The summed E-state index contributed by atoms with van der Waals surface area (Å²) in [5.41, 5.74) is 5.04. The number of aryl methyl sites for hydroxylation is 1. The van der Waals surface area contributed by atoms with Crippen LogP contribution < -0.4 is 10.5 Å². The lowest BCUT2D eigenvalue weighted by atomic mass is 9.95. The van der Waals surface area contributed by atoms with Gasteiger partial charge in [0.05, 0.1) is 11.2 Å². The Kier molecular flexibility index (Phi) is 6.77. The van der Waals surface area contributed by atoms with Crippen molar-refractivity contribution in [3.63, 3.8) is 0 Å². The van der Waals surface area contributed by atoms with Crippen LogP contribution in [-0.2, 0) is 17.1 Å². The van der Waals surface area contributed by atoms with Gasteiger partial charge in [-0.2, -0.15) is 5.10 Å². The lowest BCUT2D eigenvalue weighted by Gasteiger charge is -2.30. The second kappa shape index (κ2) is 6.90. The summed E-state index contributed by atoms with van der Waals surface area (Å²) in [6.07, 6.45) is 2.52. The largest absolute Gasteiger partial charge is 0.329 e. The smallest absolute Gasteiger partial charge is 0.259 e. The Labute approximate surface area is 125 Å². The van der Waals surface area contributed by atoms with E-state index >= 15 is 0 Å². The molecule has 0 spiro atoms. The normalized spacial score (nSPS) is 12.3. The minimum atomic E-state index is -3.73. The third-order valence-corrected chi connectivity index (χ3v) is 5.28. The Morgan fingerprint density at radius 3 is 2.32 bits per heavy atom. The molecule has 1 rings (SSSR count). The van der Waals surface area contributed by atoms with E-state index in [1.54, 1.807) is 0 Å². The topological polar surface area (TPSA) is 90.0 Å². The van der Waals surface area contributed by atoms with Crippen LogP contribution in [0.4, 0.5) is 0 Å². The van der Waals surface area contributed by atoms with Gasteiger partial charge in [0.15, 0.2) is 5.03 Å². The van der Waals surface area contributed by atoms with Crippen LogP contribution in [-0.4, -0.2) is 30.3 Å². The van der Waals surface area contributed by atoms with Gasteiger partial charge in [0.2, 0.25) is 0 Å². The van der Waals surface area contributed by atoms with Crippen molar-refractivity contribution in [2.75, 3.05) is 6.54 Å². The molecule has 0 fully saturated rings. The summed E-state index contributed by atoms with van der Waals surface area (Å²) >= 11 is 5.85. The van der Waals surface area contributed by atoms with Crippen LogP contribution in [0.1, 0.15) is 26.7 Å². The molecule has 0 saturated heterocycles. The van der Waals surface area contributed by atoms with E-state index in [0.717, 1.165) is 0 Å². The van der Waals surface area contributed by atoms with Crippen LogP contribution >= 0.6 is 24.0 Å². The number of nitrogens with one attached hydrogen (secondary N) is 1. The van der Waals surface area contributed by atoms with Gasteiger partial charge in [0, 0.05) is 19.1 Å². The first kappa shape index (κ1) is 18.7. The van der Waals surface area contributed by atoms with Gasteiger partial charge < -0.3 is 5.73 Å². The molecule has 0 aliphatic carbocycles.